The highest BCUT2D eigenvalue weighted by molar-refractivity contribution is 7.98. The molecule has 0 aliphatic carbocycles. The topological polar surface area (TPSA) is 43.1 Å². The molecule has 0 saturated carbocycles. The SMILES string of the molecule is CSCC(N)C(=O)CCl. The first-order valence-corrected chi connectivity index (χ1v) is 4.48. The first-order chi connectivity index (χ1) is 4.22. The molecule has 0 spiro atoms. The lowest BCUT2D eigenvalue weighted by atomic mass is 10.2. The second-order valence-electron chi connectivity index (χ2n) is 1.66. The van der Waals surface area contributed by atoms with E-state index in [2.05, 4.69) is 0 Å². The number of nitrogens with two attached hydrogens (primary N) is 1. The smallest absolute Gasteiger partial charge is 0.165 e. The van der Waals surface area contributed by atoms with Crippen molar-refractivity contribution < 1.29 is 4.79 Å². The standard InChI is InChI=1S/C5H10ClNOS/c1-9-3-4(7)5(8)2-6/h4H,2-3,7H2,1H3. The maximum absolute atomic E-state index is 10.6. The number of Topliss-reactive ketones (excluding diaryl/α,β-unsaturated/α-hetero) is 1. The van der Waals surface area contributed by atoms with Gasteiger partial charge in [-0.3, -0.25) is 4.79 Å². The molecule has 1 unspecified atom stereocenters. The molecule has 9 heavy (non-hydrogen) atoms. The van der Waals surface area contributed by atoms with Gasteiger partial charge in [0.1, 0.15) is 0 Å². The van der Waals surface area contributed by atoms with Crippen molar-refractivity contribution in [2.75, 3.05) is 17.9 Å². The second kappa shape index (κ2) is 5.09. The molecule has 0 radical (unpaired) electrons. The number of carbonyl (C=O) groups excluding carboxylic acids is 1. The molecule has 2 nitrogen and oxygen atoms in total. The van der Waals surface area contributed by atoms with E-state index in [0.29, 0.717) is 5.75 Å². The third-order valence-electron chi connectivity index (χ3n) is 0.891. The molecular weight excluding hydrogens is 158 g/mol. The third kappa shape index (κ3) is 3.78. The predicted molar refractivity (Wildman–Crippen MR) is 42.1 cm³/mol. The molecule has 0 aromatic carbocycles. The van der Waals surface area contributed by atoms with E-state index in [1.165, 1.54) is 0 Å². The fraction of sp³-hybridized carbons (Fsp3) is 0.800. The van der Waals surface area contributed by atoms with Gasteiger partial charge in [0.25, 0.3) is 0 Å². The first kappa shape index (κ1) is 9.27. The fourth-order valence-electron chi connectivity index (χ4n) is 0.372. The third-order valence-corrected chi connectivity index (χ3v) is 1.85. The lowest BCUT2D eigenvalue weighted by molar-refractivity contribution is -0.117. The maximum atomic E-state index is 10.6. The van der Waals surface area contributed by atoms with Gasteiger partial charge in [0.05, 0.1) is 11.9 Å². The summed E-state index contributed by atoms with van der Waals surface area (Å²) in [6.45, 7) is 0. The van der Waals surface area contributed by atoms with Crippen LogP contribution < -0.4 is 5.73 Å². The van der Waals surface area contributed by atoms with Gasteiger partial charge in [0.15, 0.2) is 5.78 Å². The Morgan fingerprint density at radius 3 is 2.78 bits per heavy atom. The van der Waals surface area contributed by atoms with E-state index >= 15 is 0 Å². The number of halogens is 1. The van der Waals surface area contributed by atoms with Crippen molar-refractivity contribution in [3.8, 4) is 0 Å². The summed E-state index contributed by atoms with van der Waals surface area (Å²) in [6.07, 6.45) is 1.90. The van der Waals surface area contributed by atoms with Crippen LogP contribution in [0.25, 0.3) is 0 Å². The van der Waals surface area contributed by atoms with Crippen molar-refractivity contribution >= 4 is 29.1 Å². The Balaban J connectivity index is 3.45. The van der Waals surface area contributed by atoms with Crippen molar-refractivity contribution in [2.45, 2.75) is 6.04 Å². The molecule has 0 aliphatic rings. The molecule has 0 bridgehead atoms. The number of alkyl halides is 1. The number of ketones is 1. The van der Waals surface area contributed by atoms with Crippen molar-refractivity contribution in [1.29, 1.82) is 0 Å². The van der Waals surface area contributed by atoms with Crippen LogP contribution in [0.4, 0.5) is 0 Å². The molecule has 0 saturated heterocycles. The lowest BCUT2D eigenvalue weighted by Crippen LogP contribution is -2.33. The summed E-state index contributed by atoms with van der Waals surface area (Å²) in [5.74, 6) is 0.610. The summed E-state index contributed by atoms with van der Waals surface area (Å²) in [5.41, 5.74) is 5.38. The summed E-state index contributed by atoms with van der Waals surface area (Å²) >= 11 is 6.79. The van der Waals surface area contributed by atoms with Crippen LogP contribution in [0.1, 0.15) is 0 Å². The Kier molecular flexibility index (Phi) is 5.24. The average Bonchev–Trinajstić information content (AvgIpc) is 1.87. The Morgan fingerprint density at radius 1 is 1.89 bits per heavy atom. The zero-order valence-electron chi connectivity index (χ0n) is 5.26. The van der Waals surface area contributed by atoms with Crippen LogP contribution in [0.5, 0.6) is 0 Å². The molecule has 0 amide bonds. The lowest BCUT2D eigenvalue weighted by Gasteiger charge is -2.04. The molecule has 0 rings (SSSR count). The number of carbonyl (C=O) groups is 1. The molecule has 4 heteroatoms. The van der Waals surface area contributed by atoms with Crippen LogP contribution in [0.2, 0.25) is 0 Å². The van der Waals surface area contributed by atoms with Gasteiger partial charge in [0, 0.05) is 5.75 Å². The average molecular weight is 168 g/mol. The molecule has 0 aromatic heterocycles. The summed E-state index contributed by atoms with van der Waals surface area (Å²) in [7, 11) is 0. The minimum absolute atomic E-state index is 0.0295. The first-order valence-electron chi connectivity index (χ1n) is 2.55. The summed E-state index contributed by atoms with van der Waals surface area (Å²) in [5, 5.41) is 0. The van der Waals surface area contributed by atoms with Crippen LogP contribution in [-0.2, 0) is 4.79 Å². The summed E-state index contributed by atoms with van der Waals surface area (Å²) in [6, 6.07) is -0.377. The Hall–Kier alpha value is 0.270. The highest BCUT2D eigenvalue weighted by atomic mass is 35.5. The van der Waals surface area contributed by atoms with Gasteiger partial charge in [0.2, 0.25) is 0 Å². The van der Waals surface area contributed by atoms with Crippen LogP contribution in [-0.4, -0.2) is 29.7 Å². The van der Waals surface area contributed by atoms with Crippen molar-refractivity contribution in [1.82, 2.24) is 0 Å². The van der Waals surface area contributed by atoms with Crippen LogP contribution >= 0.6 is 23.4 Å². The van der Waals surface area contributed by atoms with Crippen LogP contribution in [0.15, 0.2) is 0 Å². The predicted octanol–water partition coefficient (Wildman–Crippen LogP) is 0.485. The van der Waals surface area contributed by atoms with E-state index in [-0.39, 0.29) is 17.7 Å². The van der Waals surface area contributed by atoms with Gasteiger partial charge in [-0.15, -0.1) is 11.6 Å². The molecule has 54 valence electrons. The van der Waals surface area contributed by atoms with E-state index in [1.54, 1.807) is 11.8 Å². The Morgan fingerprint density at radius 2 is 2.44 bits per heavy atom. The molecule has 2 N–H and O–H groups in total. The number of rotatable bonds is 4. The highest BCUT2D eigenvalue weighted by Crippen LogP contribution is 1.96. The van der Waals surface area contributed by atoms with E-state index in [4.69, 9.17) is 17.3 Å². The zero-order chi connectivity index (χ0) is 7.28. The number of hydrogen-bond acceptors (Lipinski definition) is 3. The van der Waals surface area contributed by atoms with Crippen LogP contribution in [0.3, 0.4) is 0 Å². The van der Waals surface area contributed by atoms with E-state index in [9.17, 15) is 4.79 Å². The van der Waals surface area contributed by atoms with E-state index < -0.39 is 0 Å². The van der Waals surface area contributed by atoms with Gasteiger partial charge in [-0.05, 0) is 6.26 Å². The molecule has 0 aliphatic heterocycles. The van der Waals surface area contributed by atoms with Crippen molar-refractivity contribution in [2.24, 2.45) is 5.73 Å². The quantitative estimate of drug-likeness (QED) is 0.620. The molecular formula is C5H10ClNOS. The maximum Gasteiger partial charge on any atom is 0.165 e. The molecule has 0 fully saturated rings. The van der Waals surface area contributed by atoms with Gasteiger partial charge >= 0.3 is 0 Å². The van der Waals surface area contributed by atoms with Gasteiger partial charge in [-0.25, -0.2) is 0 Å². The molecule has 0 aromatic rings. The van der Waals surface area contributed by atoms with Crippen LogP contribution in [0, 0.1) is 0 Å². The molecule has 0 heterocycles. The highest BCUT2D eigenvalue weighted by Gasteiger charge is 2.09. The summed E-state index contributed by atoms with van der Waals surface area (Å²) in [4.78, 5) is 10.6. The fourth-order valence-corrected chi connectivity index (χ4v) is 1.11. The van der Waals surface area contributed by atoms with Crippen molar-refractivity contribution in [3.63, 3.8) is 0 Å². The monoisotopic (exact) mass is 167 g/mol. The minimum atomic E-state index is -0.377. The van der Waals surface area contributed by atoms with Crippen molar-refractivity contribution in [3.05, 3.63) is 0 Å². The number of hydrogen-bond donors (Lipinski definition) is 1. The Bertz CT molecular complexity index is 99.0. The van der Waals surface area contributed by atoms with E-state index in [0.717, 1.165) is 0 Å². The minimum Gasteiger partial charge on any atom is -0.321 e. The number of thioether (sulfide) groups is 1. The summed E-state index contributed by atoms with van der Waals surface area (Å²) < 4.78 is 0. The largest absolute Gasteiger partial charge is 0.321 e. The molecule has 1 atom stereocenters. The normalized spacial score (nSPS) is 13.2. The Labute approximate surface area is 64.1 Å². The van der Waals surface area contributed by atoms with Gasteiger partial charge in [-0.2, -0.15) is 11.8 Å². The van der Waals surface area contributed by atoms with Gasteiger partial charge < -0.3 is 5.73 Å². The van der Waals surface area contributed by atoms with Gasteiger partial charge in [-0.1, -0.05) is 0 Å². The van der Waals surface area contributed by atoms with E-state index in [1.807, 2.05) is 6.26 Å². The second-order valence-corrected chi connectivity index (χ2v) is 2.84. The zero-order valence-corrected chi connectivity index (χ0v) is 6.84.